The van der Waals surface area contributed by atoms with Gasteiger partial charge in [0.15, 0.2) is 0 Å². The number of piperazine rings is 1. The van der Waals surface area contributed by atoms with Crippen molar-refractivity contribution in [3.05, 3.63) is 42.5 Å². The summed E-state index contributed by atoms with van der Waals surface area (Å²) in [5.41, 5.74) is 0. The Labute approximate surface area is 156 Å². The number of rotatable bonds is 6. The number of hydrogen-bond donors (Lipinski definition) is 1. The molecule has 1 atom stereocenters. The third-order valence-corrected chi connectivity index (χ3v) is 7.07. The van der Waals surface area contributed by atoms with Gasteiger partial charge < -0.3 is 5.11 Å². The fourth-order valence-corrected chi connectivity index (χ4v) is 5.39. The fraction of sp³-hybridized carbons (Fsp3) is 0.500. The summed E-state index contributed by atoms with van der Waals surface area (Å²) in [7, 11) is -3.52. The first-order valence-electron chi connectivity index (χ1n) is 9.26. The van der Waals surface area contributed by atoms with Crippen LogP contribution in [0.3, 0.4) is 0 Å². The molecule has 2 aromatic carbocycles. The molecular weight excluding hydrogens is 348 g/mol. The molecule has 1 saturated heterocycles. The third kappa shape index (κ3) is 3.93. The van der Waals surface area contributed by atoms with Gasteiger partial charge in [-0.1, -0.05) is 50.2 Å². The van der Waals surface area contributed by atoms with Crippen LogP contribution in [0.1, 0.15) is 20.3 Å². The summed E-state index contributed by atoms with van der Waals surface area (Å²) in [6, 6.07) is 13.1. The van der Waals surface area contributed by atoms with Gasteiger partial charge in [-0.05, 0) is 23.8 Å². The van der Waals surface area contributed by atoms with Crippen LogP contribution in [0.5, 0.6) is 0 Å². The largest absolute Gasteiger partial charge is 0.395 e. The first kappa shape index (κ1) is 19.3. The van der Waals surface area contributed by atoms with E-state index in [2.05, 4.69) is 18.7 Å². The second-order valence-electron chi connectivity index (χ2n) is 7.38. The molecule has 26 heavy (non-hydrogen) atoms. The van der Waals surface area contributed by atoms with E-state index in [0.29, 0.717) is 37.0 Å². The molecule has 142 valence electrons. The first-order valence-corrected chi connectivity index (χ1v) is 10.7. The van der Waals surface area contributed by atoms with Crippen molar-refractivity contribution in [1.29, 1.82) is 0 Å². The van der Waals surface area contributed by atoms with Crippen LogP contribution in [0.4, 0.5) is 0 Å². The lowest BCUT2D eigenvalue weighted by molar-refractivity contribution is 0.0780. The predicted molar refractivity (Wildman–Crippen MR) is 105 cm³/mol. The molecule has 0 bridgehead atoms. The molecule has 0 saturated carbocycles. The third-order valence-electron chi connectivity index (χ3n) is 5.11. The maximum atomic E-state index is 13.2. The van der Waals surface area contributed by atoms with Gasteiger partial charge in [0, 0.05) is 37.6 Å². The van der Waals surface area contributed by atoms with Crippen LogP contribution >= 0.6 is 0 Å². The van der Waals surface area contributed by atoms with Crippen molar-refractivity contribution in [2.24, 2.45) is 5.92 Å². The number of aliphatic hydroxyl groups is 1. The molecule has 3 rings (SSSR count). The normalized spacial score (nSPS) is 18.5. The van der Waals surface area contributed by atoms with Crippen LogP contribution < -0.4 is 0 Å². The SMILES string of the molecule is CC(C)CC(CO)N1CCN(S(=O)(=O)c2cccc3ccccc23)CC1. The summed E-state index contributed by atoms with van der Waals surface area (Å²) in [5, 5.41) is 11.4. The Balaban J connectivity index is 1.78. The van der Waals surface area contributed by atoms with Crippen molar-refractivity contribution >= 4 is 20.8 Å². The lowest BCUT2D eigenvalue weighted by Gasteiger charge is -2.38. The first-order chi connectivity index (χ1) is 12.4. The van der Waals surface area contributed by atoms with Gasteiger partial charge in [-0.2, -0.15) is 4.31 Å². The number of nitrogens with zero attached hydrogens (tertiary/aromatic N) is 2. The summed E-state index contributed by atoms with van der Waals surface area (Å²) in [4.78, 5) is 2.60. The molecule has 1 N–H and O–H groups in total. The van der Waals surface area contributed by atoms with Crippen molar-refractivity contribution in [1.82, 2.24) is 9.21 Å². The molecular formula is C20H28N2O3S. The summed E-state index contributed by atoms with van der Waals surface area (Å²) in [5.74, 6) is 0.504. The highest BCUT2D eigenvalue weighted by atomic mass is 32.2. The van der Waals surface area contributed by atoms with E-state index in [4.69, 9.17) is 0 Å². The van der Waals surface area contributed by atoms with E-state index in [-0.39, 0.29) is 12.6 Å². The van der Waals surface area contributed by atoms with Gasteiger partial charge in [-0.3, -0.25) is 4.90 Å². The van der Waals surface area contributed by atoms with E-state index in [1.807, 2.05) is 30.3 Å². The monoisotopic (exact) mass is 376 g/mol. The fourth-order valence-electron chi connectivity index (χ4n) is 3.75. The molecule has 5 nitrogen and oxygen atoms in total. The van der Waals surface area contributed by atoms with Crippen LogP contribution in [0, 0.1) is 5.92 Å². The van der Waals surface area contributed by atoms with E-state index < -0.39 is 10.0 Å². The van der Waals surface area contributed by atoms with Crippen molar-refractivity contribution in [2.45, 2.75) is 31.2 Å². The summed E-state index contributed by atoms with van der Waals surface area (Å²) in [6.07, 6.45) is 0.923. The van der Waals surface area contributed by atoms with Crippen LogP contribution in [-0.2, 0) is 10.0 Å². The Hall–Kier alpha value is -1.47. The van der Waals surface area contributed by atoms with Crippen molar-refractivity contribution < 1.29 is 13.5 Å². The van der Waals surface area contributed by atoms with Crippen LogP contribution in [-0.4, -0.2) is 61.6 Å². The van der Waals surface area contributed by atoms with Gasteiger partial charge in [0.05, 0.1) is 11.5 Å². The van der Waals surface area contributed by atoms with Gasteiger partial charge in [-0.15, -0.1) is 0 Å². The second-order valence-corrected chi connectivity index (χ2v) is 9.29. The van der Waals surface area contributed by atoms with E-state index >= 15 is 0 Å². The van der Waals surface area contributed by atoms with E-state index in [9.17, 15) is 13.5 Å². The minimum atomic E-state index is -3.52. The van der Waals surface area contributed by atoms with E-state index in [1.54, 1.807) is 16.4 Å². The van der Waals surface area contributed by atoms with Gasteiger partial charge >= 0.3 is 0 Å². The zero-order valence-corrected chi connectivity index (χ0v) is 16.3. The molecule has 1 unspecified atom stereocenters. The van der Waals surface area contributed by atoms with Crippen LogP contribution in [0.2, 0.25) is 0 Å². The Bertz CT molecular complexity index is 838. The van der Waals surface area contributed by atoms with Gasteiger partial charge in [-0.25, -0.2) is 8.42 Å². The summed E-state index contributed by atoms with van der Waals surface area (Å²) >= 11 is 0. The van der Waals surface area contributed by atoms with Crippen molar-refractivity contribution in [3.8, 4) is 0 Å². The molecule has 1 heterocycles. The van der Waals surface area contributed by atoms with Gasteiger partial charge in [0.1, 0.15) is 0 Å². The average Bonchev–Trinajstić information content (AvgIpc) is 2.65. The lowest BCUT2D eigenvalue weighted by atomic mass is 10.0. The summed E-state index contributed by atoms with van der Waals surface area (Å²) in [6.45, 7) is 6.63. The number of aliphatic hydroxyl groups excluding tert-OH is 1. The predicted octanol–water partition coefficient (Wildman–Crippen LogP) is 2.55. The van der Waals surface area contributed by atoms with E-state index in [0.717, 1.165) is 17.2 Å². The number of benzene rings is 2. The highest BCUT2D eigenvalue weighted by molar-refractivity contribution is 7.89. The number of hydrogen-bond acceptors (Lipinski definition) is 4. The smallest absolute Gasteiger partial charge is 0.243 e. The molecule has 0 spiro atoms. The molecule has 0 amide bonds. The zero-order chi connectivity index (χ0) is 18.7. The molecule has 2 aromatic rings. The average molecular weight is 377 g/mol. The molecule has 0 aliphatic carbocycles. The number of fused-ring (bicyclic) bond motifs is 1. The highest BCUT2D eigenvalue weighted by Gasteiger charge is 2.31. The minimum absolute atomic E-state index is 0.109. The van der Waals surface area contributed by atoms with Crippen LogP contribution in [0.25, 0.3) is 10.8 Å². The lowest BCUT2D eigenvalue weighted by Crippen LogP contribution is -2.53. The standard InChI is InChI=1S/C20H28N2O3S/c1-16(2)14-18(15-23)21-10-12-22(13-11-21)26(24,25)20-9-5-7-17-6-3-4-8-19(17)20/h3-9,16,18,23H,10-15H2,1-2H3. The van der Waals surface area contributed by atoms with Gasteiger partial charge in [0.25, 0.3) is 0 Å². The quantitative estimate of drug-likeness (QED) is 0.842. The highest BCUT2D eigenvalue weighted by Crippen LogP contribution is 2.26. The van der Waals surface area contributed by atoms with Crippen molar-refractivity contribution in [2.75, 3.05) is 32.8 Å². The zero-order valence-electron chi connectivity index (χ0n) is 15.5. The van der Waals surface area contributed by atoms with Crippen molar-refractivity contribution in [3.63, 3.8) is 0 Å². The molecule has 1 aliphatic heterocycles. The Morgan fingerprint density at radius 1 is 1.00 bits per heavy atom. The molecule has 1 aliphatic rings. The molecule has 6 heteroatoms. The topological polar surface area (TPSA) is 60.9 Å². The molecule has 1 fully saturated rings. The maximum Gasteiger partial charge on any atom is 0.243 e. The van der Waals surface area contributed by atoms with E-state index in [1.165, 1.54) is 0 Å². The van der Waals surface area contributed by atoms with Crippen LogP contribution in [0.15, 0.2) is 47.4 Å². The van der Waals surface area contributed by atoms with Gasteiger partial charge in [0.2, 0.25) is 10.0 Å². The molecule has 0 radical (unpaired) electrons. The second kappa shape index (κ2) is 8.05. The summed E-state index contributed by atoms with van der Waals surface area (Å²) < 4.78 is 27.9. The molecule has 0 aromatic heterocycles. The maximum absolute atomic E-state index is 13.2. The Morgan fingerprint density at radius 3 is 2.31 bits per heavy atom. The minimum Gasteiger partial charge on any atom is -0.395 e. The Kier molecular flexibility index (Phi) is 5.97. The number of sulfonamides is 1. The Morgan fingerprint density at radius 2 is 1.65 bits per heavy atom.